The van der Waals surface area contributed by atoms with Gasteiger partial charge in [0, 0.05) is 22.8 Å². The fourth-order valence-corrected chi connectivity index (χ4v) is 2.25. The van der Waals surface area contributed by atoms with Crippen LogP contribution in [0.4, 0.5) is 5.69 Å². The van der Waals surface area contributed by atoms with Crippen LogP contribution in [0.5, 0.6) is 5.75 Å². The number of nitrogens with one attached hydrogen (secondary N) is 1. The Morgan fingerprint density at radius 3 is 2.52 bits per heavy atom. The molecule has 0 saturated carbocycles. The zero-order valence-electron chi connectivity index (χ0n) is 11.8. The smallest absolute Gasteiger partial charge is 0.124 e. The van der Waals surface area contributed by atoms with Gasteiger partial charge in [-0.15, -0.1) is 0 Å². The number of para-hydroxylation sites is 1. The highest BCUT2D eigenvalue weighted by Gasteiger charge is 2.08. The van der Waals surface area contributed by atoms with Crippen molar-refractivity contribution >= 4 is 27.5 Å². The Balaban J connectivity index is 1.94. The molecule has 0 atom stereocenters. The van der Waals surface area contributed by atoms with Crippen molar-refractivity contribution in [1.82, 2.24) is 0 Å². The number of hydrogen-bond acceptors (Lipinski definition) is 3. The third-order valence-corrected chi connectivity index (χ3v) is 3.64. The van der Waals surface area contributed by atoms with Gasteiger partial charge in [0.2, 0.25) is 0 Å². The summed E-state index contributed by atoms with van der Waals surface area (Å²) in [6, 6.07) is 15.4. The molecule has 0 bridgehead atoms. The standard InChI is InChI=1S/C16H18BrN3O/c1-20(15-5-3-2-4-14(15)16(18)19)10-11-21-13-8-6-12(17)7-9-13/h2-9H,10-11H2,1H3,(H3,18,19). The normalized spacial score (nSPS) is 10.2. The molecule has 21 heavy (non-hydrogen) atoms. The first-order valence-electron chi connectivity index (χ1n) is 6.61. The van der Waals surface area contributed by atoms with E-state index in [1.54, 1.807) is 0 Å². The molecular formula is C16H18BrN3O. The Bertz CT molecular complexity index is 613. The summed E-state index contributed by atoms with van der Waals surface area (Å²) in [7, 11) is 1.96. The summed E-state index contributed by atoms with van der Waals surface area (Å²) in [5.74, 6) is 0.915. The fraction of sp³-hybridized carbons (Fsp3) is 0.188. The van der Waals surface area contributed by atoms with E-state index in [9.17, 15) is 0 Å². The second-order valence-electron chi connectivity index (χ2n) is 4.65. The molecule has 2 rings (SSSR count). The Hall–Kier alpha value is -2.01. The molecule has 0 aromatic heterocycles. The van der Waals surface area contributed by atoms with Crippen molar-refractivity contribution in [2.45, 2.75) is 0 Å². The molecule has 0 saturated heterocycles. The van der Waals surface area contributed by atoms with Crippen molar-refractivity contribution in [2.75, 3.05) is 25.1 Å². The SMILES string of the molecule is CN(CCOc1ccc(Br)cc1)c1ccccc1C(=N)N. The molecular weight excluding hydrogens is 330 g/mol. The predicted molar refractivity (Wildman–Crippen MR) is 90.4 cm³/mol. The molecule has 4 nitrogen and oxygen atoms in total. The fourth-order valence-electron chi connectivity index (χ4n) is 1.99. The van der Waals surface area contributed by atoms with E-state index in [2.05, 4.69) is 15.9 Å². The number of hydrogen-bond donors (Lipinski definition) is 2. The summed E-state index contributed by atoms with van der Waals surface area (Å²) in [5.41, 5.74) is 7.28. The van der Waals surface area contributed by atoms with Crippen molar-refractivity contribution in [3.05, 3.63) is 58.6 Å². The number of amidine groups is 1. The second kappa shape index (κ2) is 7.13. The van der Waals surface area contributed by atoms with Gasteiger partial charge in [0.15, 0.2) is 0 Å². The quantitative estimate of drug-likeness (QED) is 0.622. The largest absolute Gasteiger partial charge is 0.492 e. The van der Waals surface area contributed by atoms with Crippen LogP contribution in [0.2, 0.25) is 0 Å². The number of benzene rings is 2. The van der Waals surface area contributed by atoms with Gasteiger partial charge in [-0.1, -0.05) is 28.1 Å². The topological polar surface area (TPSA) is 62.3 Å². The van der Waals surface area contributed by atoms with Gasteiger partial charge in [0.25, 0.3) is 0 Å². The molecule has 0 unspecified atom stereocenters. The van der Waals surface area contributed by atoms with Gasteiger partial charge < -0.3 is 15.4 Å². The Morgan fingerprint density at radius 1 is 1.19 bits per heavy atom. The number of anilines is 1. The van der Waals surface area contributed by atoms with Crippen LogP contribution in [0.1, 0.15) is 5.56 Å². The molecule has 0 heterocycles. The molecule has 2 aromatic carbocycles. The van der Waals surface area contributed by atoms with Crippen molar-refractivity contribution in [2.24, 2.45) is 5.73 Å². The van der Waals surface area contributed by atoms with Gasteiger partial charge in [-0.3, -0.25) is 5.41 Å². The van der Waals surface area contributed by atoms with Gasteiger partial charge in [-0.25, -0.2) is 0 Å². The van der Waals surface area contributed by atoms with Crippen LogP contribution in [0.25, 0.3) is 0 Å². The van der Waals surface area contributed by atoms with Gasteiger partial charge in [-0.05, 0) is 36.4 Å². The average Bonchev–Trinajstić information content (AvgIpc) is 2.49. The molecule has 110 valence electrons. The van der Waals surface area contributed by atoms with Crippen molar-refractivity contribution in [3.8, 4) is 5.75 Å². The summed E-state index contributed by atoms with van der Waals surface area (Å²) < 4.78 is 6.74. The van der Waals surface area contributed by atoms with E-state index in [1.165, 1.54) is 0 Å². The van der Waals surface area contributed by atoms with E-state index in [1.807, 2.05) is 60.5 Å². The molecule has 0 amide bonds. The van der Waals surface area contributed by atoms with Gasteiger partial charge in [-0.2, -0.15) is 0 Å². The predicted octanol–water partition coefficient (Wildman–Crippen LogP) is 3.25. The molecule has 0 spiro atoms. The average molecular weight is 348 g/mol. The minimum atomic E-state index is 0.0753. The zero-order valence-corrected chi connectivity index (χ0v) is 13.4. The lowest BCUT2D eigenvalue weighted by atomic mass is 10.1. The maximum atomic E-state index is 7.62. The number of likely N-dealkylation sites (N-methyl/N-ethyl adjacent to an activating group) is 1. The highest BCUT2D eigenvalue weighted by Crippen LogP contribution is 2.19. The summed E-state index contributed by atoms with van der Waals surface area (Å²) in [6.45, 7) is 1.27. The Morgan fingerprint density at radius 2 is 1.86 bits per heavy atom. The van der Waals surface area contributed by atoms with Gasteiger partial charge in [0.1, 0.15) is 18.2 Å². The molecule has 0 aliphatic rings. The van der Waals surface area contributed by atoms with Crippen LogP contribution in [-0.2, 0) is 0 Å². The molecule has 5 heteroatoms. The lowest BCUT2D eigenvalue weighted by Gasteiger charge is -2.22. The minimum Gasteiger partial charge on any atom is -0.492 e. The van der Waals surface area contributed by atoms with E-state index in [-0.39, 0.29) is 5.84 Å². The number of nitrogens with two attached hydrogens (primary N) is 1. The summed E-state index contributed by atoms with van der Waals surface area (Å²) in [5, 5.41) is 7.62. The molecule has 0 aliphatic heterocycles. The molecule has 2 aromatic rings. The van der Waals surface area contributed by atoms with Crippen LogP contribution < -0.4 is 15.4 Å². The maximum absolute atomic E-state index is 7.62. The maximum Gasteiger partial charge on any atom is 0.124 e. The van der Waals surface area contributed by atoms with Crippen LogP contribution in [0.3, 0.4) is 0 Å². The molecule has 0 radical (unpaired) electrons. The summed E-state index contributed by atoms with van der Waals surface area (Å²) >= 11 is 3.39. The van der Waals surface area contributed by atoms with Crippen LogP contribution in [0, 0.1) is 5.41 Å². The third kappa shape index (κ3) is 4.23. The van der Waals surface area contributed by atoms with Crippen LogP contribution >= 0.6 is 15.9 Å². The van der Waals surface area contributed by atoms with E-state index in [4.69, 9.17) is 15.9 Å². The first kappa shape index (κ1) is 15.4. The monoisotopic (exact) mass is 347 g/mol. The lowest BCUT2D eigenvalue weighted by Crippen LogP contribution is -2.26. The highest BCUT2D eigenvalue weighted by atomic mass is 79.9. The zero-order chi connectivity index (χ0) is 15.2. The number of nitrogen functional groups attached to an aromatic ring is 1. The minimum absolute atomic E-state index is 0.0753. The van der Waals surface area contributed by atoms with Crippen molar-refractivity contribution in [1.29, 1.82) is 5.41 Å². The Labute approximate surface area is 133 Å². The Kier molecular flexibility index (Phi) is 5.22. The number of rotatable bonds is 6. The molecule has 0 fully saturated rings. The lowest BCUT2D eigenvalue weighted by molar-refractivity contribution is 0.326. The van der Waals surface area contributed by atoms with E-state index in [0.29, 0.717) is 13.2 Å². The first-order chi connectivity index (χ1) is 10.1. The highest BCUT2D eigenvalue weighted by molar-refractivity contribution is 9.10. The number of halogens is 1. The number of nitrogens with zero attached hydrogens (tertiary/aromatic N) is 1. The van der Waals surface area contributed by atoms with E-state index >= 15 is 0 Å². The summed E-state index contributed by atoms with van der Waals surface area (Å²) in [6.07, 6.45) is 0. The summed E-state index contributed by atoms with van der Waals surface area (Å²) in [4.78, 5) is 2.04. The number of ether oxygens (including phenoxy) is 1. The molecule has 3 N–H and O–H groups in total. The van der Waals surface area contributed by atoms with Crippen LogP contribution in [-0.4, -0.2) is 26.0 Å². The molecule has 0 aliphatic carbocycles. The first-order valence-corrected chi connectivity index (χ1v) is 7.40. The van der Waals surface area contributed by atoms with Crippen molar-refractivity contribution in [3.63, 3.8) is 0 Å². The third-order valence-electron chi connectivity index (χ3n) is 3.11. The van der Waals surface area contributed by atoms with E-state index in [0.717, 1.165) is 21.5 Å². The van der Waals surface area contributed by atoms with E-state index < -0.39 is 0 Å². The van der Waals surface area contributed by atoms with Gasteiger partial charge in [0.05, 0.1) is 6.54 Å². The second-order valence-corrected chi connectivity index (χ2v) is 5.57. The van der Waals surface area contributed by atoms with Crippen molar-refractivity contribution < 1.29 is 4.74 Å². The van der Waals surface area contributed by atoms with Crippen LogP contribution in [0.15, 0.2) is 53.0 Å². The van der Waals surface area contributed by atoms with Gasteiger partial charge >= 0.3 is 0 Å².